The van der Waals surface area contributed by atoms with Crippen molar-refractivity contribution in [3.63, 3.8) is 0 Å². The van der Waals surface area contributed by atoms with E-state index in [1.165, 1.54) is 67.1 Å². The molecule has 1 N–H and O–H groups in total. The third-order valence-electron chi connectivity index (χ3n) is 4.75. The van der Waals surface area contributed by atoms with Crippen LogP contribution in [0.2, 0.25) is 0 Å². The normalized spacial score (nSPS) is 23.0. The molecule has 1 aromatic rings. The predicted octanol–water partition coefficient (Wildman–Crippen LogP) is 3.90. The monoisotopic (exact) mass is 293 g/mol. The van der Waals surface area contributed by atoms with E-state index in [0.29, 0.717) is 6.04 Å². The van der Waals surface area contributed by atoms with Gasteiger partial charge in [-0.05, 0) is 45.1 Å². The Hall–Kier alpha value is -0.610. The molecular weight excluding hydrogens is 266 g/mol. The number of aromatic nitrogens is 1. The summed E-state index contributed by atoms with van der Waals surface area (Å²) in [6.07, 6.45) is 10.4. The third-order valence-corrected chi connectivity index (χ3v) is 6.06. The average molecular weight is 293 g/mol. The fourth-order valence-corrected chi connectivity index (χ4v) is 4.77. The molecule has 2 aliphatic carbocycles. The first-order valence-electron chi connectivity index (χ1n) is 8.25. The molecule has 3 rings (SSSR count). The van der Waals surface area contributed by atoms with Crippen LogP contribution in [0.15, 0.2) is 0 Å². The van der Waals surface area contributed by atoms with E-state index in [9.17, 15) is 0 Å². The van der Waals surface area contributed by atoms with E-state index in [2.05, 4.69) is 24.2 Å². The van der Waals surface area contributed by atoms with Crippen molar-refractivity contribution in [1.82, 2.24) is 10.3 Å². The molecule has 0 amide bonds. The number of fused-ring (bicyclic) bond motifs is 1. The predicted molar refractivity (Wildman–Crippen MR) is 86.7 cm³/mol. The van der Waals surface area contributed by atoms with Gasteiger partial charge in [-0.15, -0.1) is 0 Å². The van der Waals surface area contributed by atoms with E-state index < -0.39 is 0 Å². The van der Waals surface area contributed by atoms with E-state index in [1.807, 2.05) is 11.3 Å². The minimum Gasteiger partial charge on any atom is -0.348 e. The molecule has 1 fully saturated rings. The highest BCUT2D eigenvalue weighted by Gasteiger charge is 2.27. The lowest BCUT2D eigenvalue weighted by Crippen LogP contribution is -2.28. The quantitative estimate of drug-likeness (QED) is 0.892. The van der Waals surface area contributed by atoms with Crippen LogP contribution in [0.4, 0.5) is 5.13 Å². The van der Waals surface area contributed by atoms with Crippen LogP contribution >= 0.6 is 11.3 Å². The zero-order valence-corrected chi connectivity index (χ0v) is 13.6. The average Bonchev–Trinajstić information content (AvgIpc) is 3.12. The minimum atomic E-state index is 0.557. The first kappa shape index (κ1) is 14.3. The highest BCUT2D eigenvalue weighted by atomic mass is 32.1. The molecule has 2 aliphatic rings. The number of nitrogens with one attached hydrogen (secondary N) is 1. The van der Waals surface area contributed by atoms with Crippen molar-refractivity contribution in [3.8, 4) is 0 Å². The van der Waals surface area contributed by atoms with E-state index in [0.717, 1.165) is 12.6 Å². The maximum absolute atomic E-state index is 4.96. The summed E-state index contributed by atoms with van der Waals surface area (Å²) in [7, 11) is 2.24. The minimum absolute atomic E-state index is 0.557. The first-order valence-corrected chi connectivity index (χ1v) is 9.07. The Kier molecular flexibility index (Phi) is 4.61. The Morgan fingerprint density at radius 3 is 2.80 bits per heavy atom. The van der Waals surface area contributed by atoms with E-state index in [-0.39, 0.29) is 0 Å². The number of rotatable bonds is 5. The number of nitrogens with zero attached hydrogens (tertiary/aromatic N) is 2. The van der Waals surface area contributed by atoms with Gasteiger partial charge in [-0.25, -0.2) is 4.98 Å². The van der Waals surface area contributed by atoms with Gasteiger partial charge in [0.1, 0.15) is 0 Å². The van der Waals surface area contributed by atoms with Gasteiger partial charge in [-0.3, -0.25) is 0 Å². The first-order chi connectivity index (χ1) is 9.79. The lowest BCUT2D eigenvalue weighted by Gasteiger charge is -2.23. The molecule has 20 heavy (non-hydrogen) atoms. The Balaban J connectivity index is 1.76. The molecule has 0 bridgehead atoms. The number of thiazole rings is 1. The van der Waals surface area contributed by atoms with Crippen molar-refractivity contribution in [2.45, 2.75) is 70.4 Å². The van der Waals surface area contributed by atoms with Crippen LogP contribution in [0.5, 0.6) is 0 Å². The van der Waals surface area contributed by atoms with Crippen LogP contribution in [0, 0.1) is 0 Å². The second-order valence-electron chi connectivity index (χ2n) is 6.26. The van der Waals surface area contributed by atoms with Crippen molar-refractivity contribution < 1.29 is 0 Å². The largest absolute Gasteiger partial charge is 0.348 e. The lowest BCUT2D eigenvalue weighted by molar-refractivity contribution is 0.464. The van der Waals surface area contributed by atoms with Crippen LogP contribution in [0.1, 0.15) is 68.5 Å². The number of hydrogen-bond donors (Lipinski definition) is 1. The van der Waals surface area contributed by atoms with Gasteiger partial charge in [-0.1, -0.05) is 31.1 Å². The van der Waals surface area contributed by atoms with Gasteiger partial charge in [-0.2, -0.15) is 0 Å². The van der Waals surface area contributed by atoms with Crippen molar-refractivity contribution in [2.75, 3.05) is 18.5 Å². The summed E-state index contributed by atoms with van der Waals surface area (Å²) in [6, 6.07) is 1.28. The standard InChI is InChI=1S/C16H27N3S/c1-3-11-17-13-9-6-10-14-15(13)20-16(18-14)19(2)12-7-4-5-8-12/h12-13,17H,3-11H2,1-2H3. The molecule has 1 atom stereocenters. The summed E-state index contributed by atoms with van der Waals surface area (Å²) in [5.41, 5.74) is 1.37. The van der Waals surface area contributed by atoms with Crippen LogP contribution in [-0.2, 0) is 6.42 Å². The van der Waals surface area contributed by atoms with Crippen molar-refractivity contribution in [2.24, 2.45) is 0 Å². The van der Waals surface area contributed by atoms with Crippen molar-refractivity contribution in [1.29, 1.82) is 0 Å². The van der Waals surface area contributed by atoms with Crippen LogP contribution in [0.25, 0.3) is 0 Å². The molecule has 0 aromatic carbocycles. The summed E-state index contributed by atoms with van der Waals surface area (Å²) in [5.74, 6) is 0. The number of anilines is 1. The molecule has 112 valence electrons. The van der Waals surface area contributed by atoms with Gasteiger partial charge in [0.05, 0.1) is 5.69 Å². The lowest BCUT2D eigenvalue weighted by atomic mass is 9.98. The van der Waals surface area contributed by atoms with Gasteiger partial charge in [0.25, 0.3) is 0 Å². The van der Waals surface area contributed by atoms with Crippen LogP contribution in [-0.4, -0.2) is 24.6 Å². The fraction of sp³-hybridized carbons (Fsp3) is 0.812. The van der Waals surface area contributed by atoms with Crippen LogP contribution in [0.3, 0.4) is 0 Å². The topological polar surface area (TPSA) is 28.2 Å². The zero-order chi connectivity index (χ0) is 13.9. The zero-order valence-electron chi connectivity index (χ0n) is 12.8. The maximum Gasteiger partial charge on any atom is 0.185 e. The highest BCUT2D eigenvalue weighted by molar-refractivity contribution is 7.15. The summed E-state index contributed by atoms with van der Waals surface area (Å²) in [6.45, 7) is 3.36. The Morgan fingerprint density at radius 1 is 1.25 bits per heavy atom. The molecule has 1 heterocycles. The molecule has 0 radical (unpaired) electrons. The van der Waals surface area contributed by atoms with Gasteiger partial charge >= 0.3 is 0 Å². The molecule has 0 aliphatic heterocycles. The van der Waals surface area contributed by atoms with Gasteiger partial charge in [0.2, 0.25) is 0 Å². The number of hydrogen-bond acceptors (Lipinski definition) is 4. The molecule has 3 nitrogen and oxygen atoms in total. The van der Waals surface area contributed by atoms with Gasteiger partial charge < -0.3 is 10.2 Å². The molecule has 0 spiro atoms. The summed E-state index contributed by atoms with van der Waals surface area (Å²) in [4.78, 5) is 8.93. The summed E-state index contributed by atoms with van der Waals surface area (Å²) < 4.78 is 0. The third kappa shape index (κ3) is 2.86. The highest BCUT2D eigenvalue weighted by Crippen LogP contribution is 2.39. The SMILES string of the molecule is CCCNC1CCCc2nc(N(C)C3CCCC3)sc21. The van der Waals surface area contributed by atoms with Gasteiger partial charge in [0.15, 0.2) is 5.13 Å². The molecule has 4 heteroatoms. The second-order valence-corrected chi connectivity index (χ2v) is 7.26. The van der Waals surface area contributed by atoms with Crippen molar-refractivity contribution >= 4 is 16.5 Å². The molecule has 1 aromatic heterocycles. The summed E-state index contributed by atoms with van der Waals surface area (Å²) in [5, 5.41) is 4.96. The fourth-order valence-electron chi connectivity index (χ4n) is 3.52. The van der Waals surface area contributed by atoms with Crippen LogP contribution < -0.4 is 10.2 Å². The molecule has 1 saturated carbocycles. The molecule has 1 unspecified atom stereocenters. The number of aryl methyl sites for hydroxylation is 1. The second kappa shape index (κ2) is 6.44. The maximum atomic E-state index is 4.96. The van der Waals surface area contributed by atoms with E-state index >= 15 is 0 Å². The van der Waals surface area contributed by atoms with E-state index in [4.69, 9.17) is 4.98 Å². The van der Waals surface area contributed by atoms with E-state index in [1.54, 1.807) is 0 Å². The molecular formula is C16H27N3S. The van der Waals surface area contributed by atoms with Crippen molar-refractivity contribution in [3.05, 3.63) is 10.6 Å². The Labute approximate surface area is 126 Å². The Morgan fingerprint density at radius 2 is 2.05 bits per heavy atom. The van der Waals surface area contributed by atoms with Gasteiger partial charge in [0, 0.05) is 24.0 Å². The summed E-state index contributed by atoms with van der Waals surface area (Å²) >= 11 is 1.94. The Bertz CT molecular complexity index is 437. The molecule has 0 saturated heterocycles. The smallest absolute Gasteiger partial charge is 0.185 e.